The van der Waals surface area contributed by atoms with Crippen molar-refractivity contribution in [3.05, 3.63) is 76.4 Å². The van der Waals surface area contributed by atoms with E-state index in [1.807, 2.05) is 13.0 Å². The number of alkyl halides is 3. The summed E-state index contributed by atoms with van der Waals surface area (Å²) in [7, 11) is 0. The van der Waals surface area contributed by atoms with Gasteiger partial charge in [-0.1, -0.05) is 12.1 Å². The molecule has 1 amide bonds. The maximum Gasteiger partial charge on any atom is 0.416 e. The van der Waals surface area contributed by atoms with Crippen molar-refractivity contribution in [2.24, 2.45) is 5.10 Å². The molecule has 2 aromatic heterocycles. The number of hydrogen-bond donors (Lipinski definition) is 2. The van der Waals surface area contributed by atoms with Gasteiger partial charge in [0.25, 0.3) is 5.91 Å². The number of aryl methyl sites for hydroxylation is 2. The molecule has 0 atom stereocenters. The summed E-state index contributed by atoms with van der Waals surface area (Å²) in [4.78, 5) is 17.0. The minimum atomic E-state index is -4.43. The van der Waals surface area contributed by atoms with E-state index in [2.05, 4.69) is 20.8 Å². The van der Waals surface area contributed by atoms with Crippen LogP contribution in [0.3, 0.4) is 0 Å². The molecule has 6 nitrogen and oxygen atoms in total. The van der Waals surface area contributed by atoms with Crippen molar-refractivity contribution >= 4 is 23.1 Å². The highest BCUT2D eigenvalue weighted by Crippen LogP contribution is 2.32. The van der Waals surface area contributed by atoms with Gasteiger partial charge >= 0.3 is 6.18 Å². The van der Waals surface area contributed by atoms with Gasteiger partial charge in [-0.15, -0.1) is 0 Å². The van der Waals surface area contributed by atoms with E-state index in [0.717, 1.165) is 29.7 Å². The lowest BCUT2D eigenvalue weighted by Gasteiger charge is -2.14. The number of pyridine rings is 1. The molecule has 2 N–H and O–H groups in total. The molecule has 166 valence electrons. The molecule has 32 heavy (non-hydrogen) atoms. The predicted molar refractivity (Wildman–Crippen MR) is 115 cm³/mol. The zero-order valence-corrected chi connectivity index (χ0v) is 17.5. The third kappa shape index (κ3) is 4.37. The Morgan fingerprint density at radius 3 is 2.72 bits per heavy atom. The fourth-order valence-electron chi connectivity index (χ4n) is 3.67. The highest BCUT2D eigenvalue weighted by Gasteiger charge is 2.31. The SMILES string of the molecule is Cc1cccnc1NC(=O)c1oc2c(c1C)/C(=N/Nc1cccc(C(F)(F)F)c1)CCC2. The third-order valence-electron chi connectivity index (χ3n) is 5.28. The number of benzene rings is 1. The van der Waals surface area contributed by atoms with E-state index in [-0.39, 0.29) is 11.4 Å². The summed E-state index contributed by atoms with van der Waals surface area (Å²) in [5.74, 6) is 0.852. The molecule has 1 aliphatic carbocycles. The van der Waals surface area contributed by atoms with Crippen LogP contribution < -0.4 is 10.7 Å². The van der Waals surface area contributed by atoms with Crippen molar-refractivity contribution in [3.63, 3.8) is 0 Å². The second-order valence-corrected chi connectivity index (χ2v) is 7.58. The van der Waals surface area contributed by atoms with Crippen molar-refractivity contribution in [1.82, 2.24) is 4.98 Å². The number of hydrogen-bond acceptors (Lipinski definition) is 5. The number of hydrazone groups is 1. The molecule has 0 fully saturated rings. The fourth-order valence-corrected chi connectivity index (χ4v) is 3.67. The van der Waals surface area contributed by atoms with E-state index < -0.39 is 17.6 Å². The number of aromatic nitrogens is 1. The number of rotatable bonds is 4. The Bertz CT molecular complexity index is 1200. The number of amides is 1. The summed E-state index contributed by atoms with van der Waals surface area (Å²) in [6.07, 6.45) is -0.830. The highest BCUT2D eigenvalue weighted by atomic mass is 19.4. The number of furan rings is 1. The van der Waals surface area contributed by atoms with Crippen molar-refractivity contribution in [2.45, 2.75) is 39.3 Å². The predicted octanol–water partition coefficient (Wildman–Crippen LogP) is 5.72. The maximum absolute atomic E-state index is 13.0. The van der Waals surface area contributed by atoms with Crippen LogP contribution in [0.1, 0.15) is 51.4 Å². The molecule has 0 spiro atoms. The molecule has 0 aliphatic heterocycles. The Labute approximate surface area is 182 Å². The Balaban J connectivity index is 1.60. The monoisotopic (exact) mass is 442 g/mol. The van der Waals surface area contributed by atoms with Crippen LogP contribution in [0.25, 0.3) is 0 Å². The van der Waals surface area contributed by atoms with Crippen molar-refractivity contribution in [3.8, 4) is 0 Å². The van der Waals surface area contributed by atoms with E-state index in [4.69, 9.17) is 4.42 Å². The number of fused-ring (bicyclic) bond motifs is 1. The third-order valence-corrected chi connectivity index (χ3v) is 5.28. The first kappa shape index (κ1) is 21.6. The van der Waals surface area contributed by atoms with Crippen LogP contribution >= 0.6 is 0 Å². The van der Waals surface area contributed by atoms with Crippen LogP contribution in [0.5, 0.6) is 0 Å². The molecule has 0 saturated carbocycles. The standard InChI is InChI=1S/C23H21F3N4O2/c1-13-6-5-11-27-21(13)28-22(31)20-14(2)19-17(9-4-10-18(19)32-20)30-29-16-8-3-7-15(12-16)23(24,25)26/h3,5-8,11-12,29H,4,9-10H2,1-2H3,(H,27,28,31)/b30-17+. The van der Waals surface area contributed by atoms with Gasteiger partial charge in [-0.2, -0.15) is 18.3 Å². The molecule has 3 aromatic rings. The smallest absolute Gasteiger partial charge is 0.416 e. The summed E-state index contributed by atoms with van der Waals surface area (Å²) in [5.41, 5.74) is 5.00. The Hall–Kier alpha value is -3.62. The van der Waals surface area contributed by atoms with E-state index >= 15 is 0 Å². The van der Waals surface area contributed by atoms with Gasteiger partial charge in [0.15, 0.2) is 5.76 Å². The fraction of sp³-hybridized carbons (Fsp3) is 0.261. The van der Waals surface area contributed by atoms with Gasteiger partial charge in [-0.3, -0.25) is 10.2 Å². The first-order valence-electron chi connectivity index (χ1n) is 10.1. The summed E-state index contributed by atoms with van der Waals surface area (Å²) < 4.78 is 44.7. The van der Waals surface area contributed by atoms with Crippen LogP contribution in [0, 0.1) is 13.8 Å². The first-order valence-corrected chi connectivity index (χ1v) is 10.1. The minimum Gasteiger partial charge on any atom is -0.455 e. The lowest BCUT2D eigenvalue weighted by Crippen LogP contribution is -2.15. The van der Waals surface area contributed by atoms with E-state index in [1.54, 1.807) is 19.2 Å². The lowest BCUT2D eigenvalue weighted by molar-refractivity contribution is -0.137. The van der Waals surface area contributed by atoms with Gasteiger partial charge in [0, 0.05) is 23.7 Å². The normalized spacial score (nSPS) is 14.8. The largest absolute Gasteiger partial charge is 0.455 e. The number of carbonyl (C=O) groups is 1. The van der Waals surface area contributed by atoms with Gasteiger partial charge < -0.3 is 9.73 Å². The molecule has 0 radical (unpaired) electrons. The molecule has 4 rings (SSSR count). The Morgan fingerprint density at radius 2 is 1.97 bits per heavy atom. The maximum atomic E-state index is 13.0. The zero-order chi connectivity index (χ0) is 22.9. The van der Waals surface area contributed by atoms with Gasteiger partial charge in [0.05, 0.1) is 17.0 Å². The van der Waals surface area contributed by atoms with Crippen LogP contribution in [0.4, 0.5) is 24.7 Å². The van der Waals surface area contributed by atoms with Crippen LogP contribution in [-0.4, -0.2) is 16.6 Å². The number of carbonyl (C=O) groups excluding carboxylic acids is 1. The van der Waals surface area contributed by atoms with Crippen LogP contribution in [-0.2, 0) is 12.6 Å². The minimum absolute atomic E-state index is 0.175. The Morgan fingerprint density at radius 1 is 1.16 bits per heavy atom. The second kappa shape index (κ2) is 8.49. The molecule has 0 saturated heterocycles. The van der Waals surface area contributed by atoms with Crippen LogP contribution in [0.2, 0.25) is 0 Å². The average molecular weight is 442 g/mol. The van der Waals surface area contributed by atoms with Gasteiger partial charge in [0.2, 0.25) is 0 Å². The topological polar surface area (TPSA) is 79.5 Å². The van der Waals surface area contributed by atoms with E-state index in [1.165, 1.54) is 12.1 Å². The molecule has 0 unspecified atom stereocenters. The first-order chi connectivity index (χ1) is 15.2. The quantitative estimate of drug-likeness (QED) is 0.507. The van der Waals surface area contributed by atoms with Gasteiger partial charge in [-0.25, -0.2) is 4.98 Å². The molecular formula is C23H21F3N4O2. The molecule has 2 heterocycles. The van der Waals surface area contributed by atoms with E-state index in [0.29, 0.717) is 35.7 Å². The summed E-state index contributed by atoms with van der Waals surface area (Å²) in [6, 6.07) is 8.46. The number of nitrogens with zero attached hydrogens (tertiary/aromatic N) is 2. The van der Waals surface area contributed by atoms with Crippen molar-refractivity contribution in [1.29, 1.82) is 0 Å². The summed E-state index contributed by atoms with van der Waals surface area (Å²) >= 11 is 0. The summed E-state index contributed by atoms with van der Waals surface area (Å²) in [6.45, 7) is 3.61. The van der Waals surface area contributed by atoms with Crippen molar-refractivity contribution in [2.75, 3.05) is 10.7 Å². The van der Waals surface area contributed by atoms with E-state index in [9.17, 15) is 18.0 Å². The number of anilines is 2. The average Bonchev–Trinajstić information content (AvgIpc) is 3.11. The molecule has 9 heteroatoms. The molecule has 1 aliphatic rings. The highest BCUT2D eigenvalue weighted by molar-refractivity contribution is 6.09. The zero-order valence-electron chi connectivity index (χ0n) is 17.5. The number of nitrogens with one attached hydrogen (secondary N) is 2. The van der Waals surface area contributed by atoms with Crippen LogP contribution in [0.15, 0.2) is 52.1 Å². The van der Waals surface area contributed by atoms with Crippen molar-refractivity contribution < 1.29 is 22.4 Å². The molecule has 1 aromatic carbocycles. The van der Waals surface area contributed by atoms with Gasteiger partial charge in [0.1, 0.15) is 11.6 Å². The lowest BCUT2D eigenvalue weighted by atomic mass is 9.93. The molecular weight excluding hydrogens is 421 g/mol. The second-order valence-electron chi connectivity index (χ2n) is 7.58. The Kier molecular flexibility index (Phi) is 5.73. The molecule has 0 bridgehead atoms. The van der Waals surface area contributed by atoms with Gasteiger partial charge in [-0.05, 0) is 56.5 Å². The summed E-state index contributed by atoms with van der Waals surface area (Å²) in [5, 5.41) is 7.11. The number of halogens is 3.